The molecule has 0 radical (unpaired) electrons. The second-order valence-corrected chi connectivity index (χ2v) is 6.58. The van der Waals surface area contributed by atoms with E-state index in [0.29, 0.717) is 5.69 Å². The molecule has 29 heavy (non-hydrogen) atoms. The van der Waals surface area contributed by atoms with Crippen molar-refractivity contribution in [3.63, 3.8) is 0 Å². The molecule has 1 aromatic carbocycles. The van der Waals surface area contributed by atoms with Crippen molar-refractivity contribution in [3.8, 4) is 5.69 Å². The maximum Gasteiger partial charge on any atom is 0.311 e. The fourth-order valence-electron chi connectivity index (χ4n) is 2.74. The van der Waals surface area contributed by atoms with Gasteiger partial charge in [-0.15, -0.1) is 0 Å². The van der Waals surface area contributed by atoms with Gasteiger partial charge >= 0.3 is 5.97 Å². The Morgan fingerprint density at radius 2 is 2.00 bits per heavy atom. The number of nitrogens with one attached hydrogen (secondary N) is 2. The Bertz CT molecular complexity index is 1050. The summed E-state index contributed by atoms with van der Waals surface area (Å²) >= 11 is 0. The number of methoxy groups -OCH3 is 1. The van der Waals surface area contributed by atoms with Crippen molar-refractivity contribution < 1.29 is 19.2 Å². The summed E-state index contributed by atoms with van der Waals surface area (Å²) in [6, 6.07) is 5.34. The zero-order valence-corrected chi connectivity index (χ0v) is 15.8. The van der Waals surface area contributed by atoms with E-state index in [4.69, 9.17) is 0 Å². The lowest BCUT2D eigenvalue weighted by Crippen LogP contribution is -2.24. The molecule has 0 bridgehead atoms. The normalized spacial score (nSPS) is 13.8. The fraction of sp³-hybridized carbons (Fsp3) is 0.333. The minimum Gasteiger partial charge on any atom is -0.469 e. The quantitative estimate of drug-likeness (QED) is 0.306. The van der Waals surface area contributed by atoms with Gasteiger partial charge in [0.1, 0.15) is 0 Å². The van der Waals surface area contributed by atoms with Gasteiger partial charge in [0.05, 0.1) is 41.1 Å². The molecule has 1 aliphatic rings. The number of aromatic nitrogens is 2. The highest BCUT2D eigenvalue weighted by molar-refractivity contribution is 6.00. The predicted molar refractivity (Wildman–Crippen MR) is 102 cm³/mol. The molecule has 11 nitrogen and oxygen atoms in total. The second-order valence-electron chi connectivity index (χ2n) is 6.58. The third-order valence-corrected chi connectivity index (χ3v) is 4.48. The number of hydrogen-bond donors (Lipinski definition) is 2. The van der Waals surface area contributed by atoms with E-state index in [9.17, 15) is 24.5 Å². The van der Waals surface area contributed by atoms with E-state index in [1.807, 2.05) is 0 Å². The highest BCUT2D eigenvalue weighted by Crippen LogP contribution is 2.28. The molecule has 11 heteroatoms. The molecule has 1 aliphatic carbocycles. The number of carbonyl (C=O) groups is 2. The van der Waals surface area contributed by atoms with Crippen molar-refractivity contribution in [2.45, 2.75) is 26.2 Å². The van der Waals surface area contributed by atoms with Crippen LogP contribution in [0.4, 0.5) is 5.69 Å². The molecule has 0 spiro atoms. The molecule has 152 valence electrons. The third-order valence-electron chi connectivity index (χ3n) is 4.48. The topological polar surface area (TPSA) is 149 Å². The molecular formula is C18H19N5O6. The number of H-pyrrole nitrogens is 1. The minimum atomic E-state index is -0.571. The van der Waals surface area contributed by atoms with E-state index in [1.165, 1.54) is 31.4 Å². The smallest absolute Gasteiger partial charge is 0.311 e. The standard InChI is InChI=1S/C18H19N5O6/c1-10(19-20-17(25)11-3-4-11)16-14(9-15(24)29-2)21-22(18(16)26)12-5-7-13(8-6-12)23(27)28/h5-8,11,21H,3-4,9H2,1-2H3,(H,20,25). The summed E-state index contributed by atoms with van der Waals surface area (Å²) in [4.78, 5) is 46.8. The van der Waals surface area contributed by atoms with Crippen molar-refractivity contribution in [2.75, 3.05) is 7.11 Å². The Kier molecular flexibility index (Phi) is 5.57. The number of amides is 1. The molecule has 2 N–H and O–H groups in total. The van der Waals surface area contributed by atoms with Crippen molar-refractivity contribution in [3.05, 3.63) is 56.0 Å². The summed E-state index contributed by atoms with van der Waals surface area (Å²) in [5, 5.41) is 17.6. The summed E-state index contributed by atoms with van der Waals surface area (Å²) in [6.45, 7) is 1.54. The Morgan fingerprint density at radius 3 is 2.55 bits per heavy atom. The highest BCUT2D eigenvalue weighted by atomic mass is 16.6. The molecule has 2 aromatic rings. The number of esters is 1. The van der Waals surface area contributed by atoms with Gasteiger partial charge in [0.2, 0.25) is 5.91 Å². The number of aromatic amines is 1. The molecule has 1 amide bonds. The van der Waals surface area contributed by atoms with Gasteiger partial charge in [-0.05, 0) is 31.9 Å². The van der Waals surface area contributed by atoms with Gasteiger partial charge in [-0.1, -0.05) is 0 Å². The molecule has 3 rings (SSSR count). The first-order valence-electron chi connectivity index (χ1n) is 8.82. The van der Waals surface area contributed by atoms with E-state index in [1.54, 1.807) is 6.92 Å². The Balaban J connectivity index is 1.99. The number of nitrogens with zero attached hydrogens (tertiary/aromatic N) is 3. The van der Waals surface area contributed by atoms with Crippen LogP contribution in [-0.2, 0) is 20.7 Å². The van der Waals surface area contributed by atoms with E-state index in [-0.39, 0.29) is 40.9 Å². The van der Waals surface area contributed by atoms with Crippen LogP contribution < -0.4 is 11.0 Å². The van der Waals surface area contributed by atoms with Crippen LogP contribution in [-0.4, -0.2) is 39.4 Å². The zero-order chi connectivity index (χ0) is 21.1. The number of ether oxygens (including phenoxy) is 1. The van der Waals surface area contributed by atoms with Gasteiger partial charge in [-0.3, -0.25) is 29.6 Å². The molecule has 0 atom stereocenters. The zero-order valence-electron chi connectivity index (χ0n) is 15.8. The van der Waals surface area contributed by atoms with Crippen LogP contribution in [0.5, 0.6) is 0 Å². The number of nitro benzene ring substituents is 1. The largest absolute Gasteiger partial charge is 0.469 e. The lowest BCUT2D eigenvalue weighted by atomic mass is 10.1. The van der Waals surface area contributed by atoms with Crippen LogP contribution in [0.3, 0.4) is 0 Å². The Morgan fingerprint density at radius 1 is 1.34 bits per heavy atom. The van der Waals surface area contributed by atoms with Crippen LogP contribution in [0, 0.1) is 16.0 Å². The first-order chi connectivity index (χ1) is 13.8. The summed E-state index contributed by atoms with van der Waals surface area (Å²) in [5.41, 5.74) is 2.72. The fourth-order valence-corrected chi connectivity index (χ4v) is 2.74. The van der Waals surface area contributed by atoms with E-state index >= 15 is 0 Å². The van der Waals surface area contributed by atoms with Crippen LogP contribution in [0.15, 0.2) is 34.2 Å². The molecule has 0 saturated heterocycles. The number of non-ortho nitro benzene ring substituents is 1. The van der Waals surface area contributed by atoms with E-state index in [2.05, 4.69) is 20.4 Å². The first kappa shape index (κ1) is 20.0. The van der Waals surface area contributed by atoms with Crippen LogP contribution in [0.25, 0.3) is 5.69 Å². The van der Waals surface area contributed by atoms with Gasteiger partial charge in [-0.2, -0.15) is 5.10 Å². The third kappa shape index (κ3) is 4.39. The molecule has 1 saturated carbocycles. The summed E-state index contributed by atoms with van der Waals surface area (Å²) in [7, 11) is 1.23. The van der Waals surface area contributed by atoms with Crippen LogP contribution in [0.2, 0.25) is 0 Å². The van der Waals surface area contributed by atoms with Gasteiger partial charge < -0.3 is 4.74 Å². The summed E-state index contributed by atoms with van der Waals surface area (Å²) < 4.78 is 5.82. The molecule has 1 fully saturated rings. The van der Waals surface area contributed by atoms with Gasteiger partial charge in [-0.25, -0.2) is 10.1 Å². The Labute approximate surface area is 164 Å². The summed E-state index contributed by atoms with van der Waals surface area (Å²) in [6.07, 6.45) is 1.40. The molecule has 1 heterocycles. The van der Waals surface area contributed by atoms with Crippen molar-refractivity contribution in [2.24, 2.45) is 11.0 Å². The average Bonchev–Trinajstić information content (AvgIpc) is 3.50. The van der Waals surface area contributed by atoms with Gasteiger partial charge in [0.25, 0.3) is 11.2 Å². The van der Waals surface area contributed by atoms with Crippen molar-refractivity contribution >= 4 is 23.3 Å². The number of hydrazone groups is 1. The molecular weight excluding hydrogens is 382 g/mol. The maximum atomic E-state index is 13.0. The molecule has 0 aliphatic heterocycles. The minimum absolute atomic E-state index is 0.0518. The average molecular weight is 401 g/mol. The lowest BCUT2D eigenvalue weighted by molar-refractivity contribution is -0.384. The maximum absolute atomic E-state index is 13.0. The number of benzene rings is 1. The number of hydrogen-bond acceptors (Lipinski definition) is 7. The first-order valence-corrected chi connectivity index (χ1v) is 8.82. The lowest BCUT2D eigenvalue weighted by Gasteiger charge is -2.02. The van der Waals surface area contributed by atoms with Crippen molar-refractivity contribution in [1.29, 1.82) is 0 Å². The van der Waals surface area contributed by atoms with Crippen LogP contribution >= 0.6 is 0 Å². The number of nitro groups is 1. The SMILES string of the molecule is COC(=O)Cc1[nH]n(-c2ccc([N+](=O)[O-])cc2)c(=O)c1C(C)=NNC(=O)C1CC1. The van der Waals surface area contributed by atoms with Crippen molar-refractivity contribution in [1.82, 2.24) is 15.2 Å². The monoisotopic (exact) mass is 401 g/mol. The second kappa shape index (κ2) is 8.09. The molecule has 0 unspecified atom stereocenters. The highest BCUT2D eigenvalue weighted by Gasteiger charge is 2.29. The van der Waals surface area contributed by atoms with Gasteiger partial charge in [0, 0.05) is 18.1 Å². The Hall–Kier alpha value is -3.76. The number of rotatable bonds is 7. The molecule has 1 aromatic heterocycles. The van der Waals surface area contributed by atoms with E-state index in [0.717, 1.165) is 17.5 Å². The van der Waals surface area contributed by atoms with Crippen LogP contribution in [0.1, 0.15) is 31.0 Å². The van der Waals surface area contributed by atoms with E-state index < -0.39 is 16.5 Å². The summed E-state index contributed by atoms with van der Waals surface area (Å²) in [5.74, 6) is -0.840. The van der Waals surface area contributed by atoms with Gasteiger partial charge in [0.15, 0.2) is 0 Å². The number of carbonyl (C=O) groups excluding carboxylic acids is 2. The predicted octanol–water partition coefficient (Wildman–Crippen LogP) is 1.04.